The Balaban J connectivity index is 1.45. The van der Waals surface area contributed by atoms with Gasteiger partial charge in [0, 0.05) is 25.2 Å². The van der Waals surface area contributed by atoms with Crippen molar-refractivity contribution in [3.05, 3.63) is 0 Å². The first kappa shape index (κ1) is 14.8. The first-order valence-electron chi connectivity index (χ1n) is 9.20. The van der Waals surface area contributed by atoms with Gasteiger partial charge in [-0.1, -0.05) is 33.1 Å². The van der Waals surface area contributed by atoms with Crippen molar-refractivity contribution in [2.75, 3.05) is 19.6 Å². The first-order valence-corrected chi connectivity index (χ1v) is 9.20. The summed E-state index contributed by atoms with van der Waals surface area (Å²) in [7, 11) is 0. The van der Waals surface area contributed by atoms with Crippen molar-refractivity contribution < 1.29 is 0 Å². The van der Waals surface area contributed by atoms with Crippen LogP contribution in [0, 0.1) is 17.8 Å². The fraction of sp³-hybridized carbons (Fsp3) is 1.00. The summed E-state index contributed by atoms with van der Waals surface area (Å²) in [6.07, 6.45) is 11.7. The summed E-state index contributed by atoms with van der Waals surface area (Å²) in [6, 6.07) is 1.66. The van der Waals surface area contributed by atoms with Crippen molar-refractivity contribution in [2.45, 2.75) is 77.3 Å². The molecule has 2 aliphatic carbocycles. The molecule has 4 unspecified atom stereocenters. The summed E-state index contributed by atoms with van der Waals surface area (Å²) >= 11 is 0. The number of hydrogen-bond acceptors (Lipinski definition) is 2. The van der Waals surface area contributed by atoms with Gasteiger partial charge in [-0.15, -0.1) is 0 Å². The van der Waals surface area contributed by atoms with Gasteiger partial charge in [0.05, 0.1) is 0 Å². The van der Waals surface area contributed by atoms with Gasteiger partial charge in [0.1, 0.15) is 0 Å². The van der Waals surface area contributed by atoms with E-state index in [0.717, 1.165) is 29.8 Å². The number of rotatable bonds is 4. The lowest BCUT2D eigenvalue weighted by molar-refractivity contribution is 0.0255. The van der Waals surface area contributed by atoms with Crippen LogP contribution in [0.1, 0.15) is 65.2 Å². The molecule has 3 fully saturated rings. The van der Waals surface area contributed by atoms with Crippen LogP contribution in [0.3, 0.4) is 0 Å². The van der Waals surface area contributed by atoms with Crippen molar-refractivity contribution in [1.29, 1.82) is 0 Å². The molecule has 0 radical (unpaired) electrons. The van der Waals surface area contributed by atoms with Crippen LogP contribution in [0.15, 0.2) is 0 Å². The molecule has 4 atom stereocenters. The second-order valence-electron chi connectivity index (χ2n) is 8.03. The number of hydrogen-bond donors (Lipinski definition) is 1. The van der Waals surface area contributed by atoms with Crippen molar-refractivity contribution >= 4 is 0 Å². The summed E-state index contributed by atoms with van der Waals surface area (Å²) in [6.45, 7) is 8.83. The average Bonchev–Trinajstić information content (AvgIpc) is 2.44. The summed E-state index contributed by atoms with van der Waals surface area (Å²) in [5, 5.41) is 3.93. The third kappa shape index (κ3) is 3.57. The predicted octanol–water partition coefficient (Wildman–Crippen LogP) is 3.67. The molecule has 1 N–H and O–H groups in total. The van der Waals surface area contributed by atoms with Gasteiger partial charge in [0.2, 0.25) is 0 Å². The fourth-order valence-electron chi connectivity index (χ4n) is 4.73. The Hall–Kier alpha value is -0.0800. The van der Waals surface area contributed by atoms with Gasteiger partial charge >= 0.3 is 0 Å². The van der Waals surface area contributed by atoms with Crippen LogP contribution >= 0.6 is 0 Å². The Bertz CT molecular complexity index is 298. The van der Waals surface area contributed by atoms with Crippen LogP contribution in [0.2, 0.25) is 0 Å². The molecule has 0 bridgehead atoms. The lowest BCUT2D eigenvalue weighted by Crippen LogP contribution is -2.56. The van der Waals surface area contributed by atoms with E-state index in [9.17, 15) is 0 Å². The van der Waals surface area contributed by atoms with Crippen molar-refractivity contribution in [2.24, 2.45) is 17.8 Å². The maximum Gasteiger partial charge on any atom is 0.0198 e. The van der Waals surface area contributed by atoms with E-state index in [1.54, 1.807) is 0 Å². The Morgan fingerprint density at radius 2 is 1.75 bits per heavy atom. The zero-order valence-corrected chi connectivity index (χ0v) is 13.6. The Kier molecular flexibility index (Phi) is 5.04. The molecule has 0 spiro atoms. The highest BCUT2D eigenvalue weighted by atomic mass is 15.2. The summed E-state index contributed by atoms with van der Waals surface area (Å²) in [5.41, 5.74) is 0. The lowest BCUT2D eigenvalue weighted by atomic mass is 9.78. The third-order valence-electron chi connectivity index (χ3n) is 6.15. The molecule has 116 valence electrons. The quantitative estimate of drug-likeness (QED) is 0.844. The maximum atomic E-state index is 3.93. The molecule has 0 aromatic carbocycles. The number of nitrogens with zero attached hydrogens (tertiary/aromatic N) is 1. The van der Waals surface area contributed by atoms with E-state index in [2.05, 4.69) is 24.1 Å². The van der Waals surface area contributed by atoms with Gasteiger partial charge in [-0.2, -0.15) is 0 Å². The van der Waals surface area contributed by atoms with Crippen LogP contribution in [0.4, 0.5) is 0 Å². The predicted molar refractivity (Wildman–Crippen MR) is 85.9 cm³/mol. The summed E-state index contributed by atoms with van der Waals surface area (Å²) in [4.78, 5) is 2.81. The van der Waals surface area contributed by atoms with E-state index < -0.39 is 0 Å². The number of nitrogens with one attached hydrogen (secondary N) is 1. The highest BCUT2D eigenvalue weighted by molar-refractivity contribution is 4.92. The van der Waals surface area contributed by atoms with E-state index in [-0.39, 0.29) is 0 Å². The smallest absolute Gasteiger partial charge is 0.0198 e. The van der Waals surface area contributed by atoms with Crippen LogP contribution in [0.25, 0.3) is 0 Å². The van der Waals surface area contributed by atoms with E-state index in [1.165, 1.54) is 71.0 Å². The third-order valence-corrected chi connectivity index (χ3v) is 6.15. The Labute approximate surface area is 125 Å². The second kappa shape index (κ2) is 6.79. The molecule has 0 aromatic heterocycles. The van der Waals surface area contributed by atoms with Gasteiger partial charge in [-0.25, -0.2) is 0 Å². The van der Waals surface area contributed by atoms with Crippen molar-refractivity contribution in [3.8, 4) is 0 Å². The molecule has 2 saturated carbocycles. The van der Waals surface area contributed by atoms with E-state index >= 15 is 0 Å². The second-order valence-corrected chi connectivity index (χ2v) is 8.03. The molecular weight excluding hydrogens is 244 g/mol. The molecule has 1 saturated heterocycles. The Morgan fingerprint density at radius 1 is 0.950 bits per heavy atom. The van der Waals surface area contributed by atoms with Gasteiger partial charge in [-0.3, -0.25) is 4.90 Å². The SMILES string of the molecule is CC1CC(NCC2CCCCC2)CN(C2CCC2C)C1. The molecule has 2 nitrogen and oxygen atoms in total. The van der Waals surface area contributed by atoms with Crippen LogP contribution in [-0.4, -0.2) is 36.6 Å². The maximum absolute atomic E-state index is 3.93. The topological polar surface area (TPSA) is 15.3 Å². The zero-order valence-electron chi connectivity index (χ0n) is 13.6. The molecule has 0 amide bonds. The lowest BCUT2D eigenvalue weighted by Gasteiger charge is -2.48. The Morgan fingerprint density at radius 3 is 2.40 bits per heavy atom. The largest absolute Gasteiger partial charge is 0.312 e. The van der Waals surface area contributed by atoms with Crippen LogP contribution in [-0.2, 0) is 0 Å². The van der Waals surface area contributed by atoms with Gasteiger partial charge in [0.25, 0.3) is 0 Å². The van der Waals surface area contributed by atoms with E-state index in [1.807, 2.05) is 0 Å². The standard InChI is InChI=1S/C18H34N2/c1-14-10-17(19-11-16-6-4-3-5-7-16)13-20(12-14)18-9-8-15(18)2/h14-19H,3-13H2,1-2H3. The minimum atomic E-state index is 0.758. The summed E-state index contributed by atoms with van der Waals surface area (Å²) < 4.78 is 0. The summed E-state index contributed by atoms with van der Waals surface area (Å²) in [5.74, 6) is 2.79. The van der Waals surface area contributed by atoms with Crippen molar-refractivity contribution in [1.82, 2.24) is 10.2 Å². The monoisotopic (exact) mass is 278 g/mol. The molecule has 1 heterocycles. The highest BCUT2D eigenvalue weighted by Crippen LogP contribution is 2.34. The highest BCUT2D eigenvalue weighted by Gasteiger charge is 2.36. The normalized spacial score (nSPS) is 40.5. The van der Waals surface area contributed by atoms with Crippen LogP contribution < -0.4 is 5.32 Å². The van der Waals surface area contributed by atoms with E-state index in [0.29, 0.717) is 0 Å². The number of likely N-dealkylation sites (tertiary alicyclic amines) is 1. The molecule has 3 aliphatic rings. The minimum Gasteiger partial charge on any atom is -0.312 e. The fourth-order valence-corrected chi connectivity index (χ4v) is 4.73. The minimum absolute atomic E-state index is 0.758. The van der Waals surface area contributed by atoms with E-state index in [4.69, 9.17) is 0 Å². The molecular formula is C18H34N2. The molecule has 20 heavy (non-hydrogen) atoms. The van der Waals surface area contributed by atoms with Crippen molar-refractivity contribution in [3.63, 3.8) is 0 Å². The van der Waals surface area contributed by atoms with Crippen LogP contribution in [0.5, 0.6) is 0 Å². The average molecular weight is 278 g/mol. The number of piperidine rings is 1. The van der Waals surface area contributed by atoms with Gasteiger partial charge in [0.15, 0.2) is 0 Å². The molecule has 3 rings (SSSR count). The molecule has 1 aliphatic heterocycles. The zero-order chi connectivity index (χ0) is 13.9. The molecule has 0 aromatic rings. The van der Waals surface area contributed by atoms with Gasteiger partial charge in [-0.05, 0) is 56.4 Å². The molecule has 2 heteroatoms. The first-order chi connectivity index (χ1) is 9.72. The van der Waals surface area contributed by atoms with Gasteiger partial charge < -0.3 is 5.32 Å².